The van der Waals surface area contributed by atoms with E-state index in [1.165, 1.54) is 36.6 Å². The smallest absolute Gasteiger partial charge is 0.128 e. The summed E-state index contributed by atoms with van der Waals surface area (Å²) in [6, 6.07) is 4.77. The van der Waals surface area contributed by atoms with Crippen LogP contribution >= 0.6 is 0 Å². The van der Waals surface area contributed by atoms with Crippen molar-refractivity contribution in [3.05, 3.63) is 59.6 Å². The molecular weight excluding hydrogens is 475 g/mol. The second-order valence-corrected chi connectivity index (χ2v) is 10.7. The minimum Gasteiger partial charge on any atom is -0.492 e. The Hall–Kier alpha value is -2.73. The first-order chi connectivity index (χ1) is 18.3. The number of halogens is 1. The Kier molecular flexibility index (Phi) is 11.8. The summed E-state index contributed by atoms with van der Waals surface area (Å²) in [5.74, 6) is 0.936. The first-order valence-electron chi connectivity index (χ1n) is 14.3. The second kappa shape index (κ2) is 15.0. The zero-order valence-electron chi connectivity index (χ0n) is 24.2. The average Bonchev–Trinajstić information content (AvgIpc) is 2.86. The Labute approximate surface area is 229 Å². The van der Waals surface area contributed by atoms with E-state index in [1.54, 1.807) is 12.1 Å². The molecule has 6 heteroatoms. The van der Waals surface area contributed by atoms with Crippen molar-refractivity contribution < 1.29 is 9.13 Å². The molecule has 1 aromatic rings. The van der Waals surface area contributed by atoms with Gasteiger partial charge in [-0.3, -0.25) is 9.98 Å². The molecular formula is C32H47FN4O. The van der Waals surface area contributed by atoms with Gasteiger partial charge in [0, 0.05) is 48.7 Å². The monoisotopic (exact) mass is 522 g/mol. The van der Waals surface area contributed by atoms with Crippen LogP contribution in [0.4, 0.5) is 4.39 Å². The van der Waals surface area contributed by atoms with Crippen LogP contribution < -0.4 is 10.1 Å². The maximum Gasteiger partial charge on any atom is 0.128 e. The van der Waals surface area contributed by atoms with E-state index >= 15 is 0 Å². The van der Waals surface area contributed by atoms with E-state index in [0.29, 0.717) is 23.8 Å². The molecule has 1 atom stereocenters. The van der Waals surface area contributed by atoms with Crippen LogP contribution in [0.5, 0.6) is 5.75 Å². The SMILES string of the molecule is C=C(c1cc(F)ccc1OCCNCCC)N1CCCCC1C(/C=C(\C)N=C(C=C(C)C)C1CCC1)=NC. The quantitative estimate of drug-likeness (QED) is 0.220. The lowest BCUT2D eigenvalue weighted by Gasteiger charge is -2.39. The van der Waals surface area contributed by atoms with E-state index in [0.717, 1.165) is 62.4 Å². The number of aliphatic imine (C=N–C) groups is 2. The third-order valence-corrected chi connectivity index (χ3v) is 7.29. The highest BCUT2D eigenvalue weighted by molar-refractivity contribution is 6.02. The third-order valence-electron chi connectivity index (χ3n) is 7.29. The number of nitrogens with one attached hydrogen (secondary N) is 1. The molecule has 2 fully saturated rings. The molecule has 1 unspecified atom stereocenters. The fraction of sp³-hybridized carbons (Fsp3) is 0.562. The Balaban J connectivity index is 1.83. The Morgan fingerprint density at radius 2 is 1.89 bits per heavy atom. The Bertz CT molecular complexity index is 1060. The maximum absolute atomic E-state index is 14.4. The molecule has 1 aromatic carbocycles. The van der Waals surface area contributed by atoms with Crippen molar-refractivity contribution in [1.29, 1.82) is 0 Å². The molecule has 1 aliphatic carbocycles. The maximum atomic E-state index is 14.4. The number of likely N-dealkylation sites (tertiary alicyclic amines) is 1. The van der Waals surface area contributed by atoms with Gasteiger partial charge in [0.15, 0.2) is 0 Å². The summed E-state index contributed by atoms with van der Waals surface area (Å²) in [5, 5.41) is 3.35. The average molecular weight is 523 g/mol. The van der Waals surface area contributed by atoms with Crippen LogP contribution in [-0.4, -0.2) is 55.7 Å². The molecule has 1 N–H and O–H groups in total. The van der Waals surface area contributed by atoms with Crippen LogP contribution in [0, 0.1) is 11.7 Å². The number of benzene rings is 1. The van der Waals surface area contributed by atoms with Gasteiger partial charge < -0.3 is 15.0 Å². The van der Waals surface area contributed by atoms with E-state index < -0.39 is 0 Å². The highest BCUT2D eigenvalue weighted by Gasteiger charge is 2.29. The molecule has 0 aromatic heterocycles. The lowest BCUT2D eigenvalue weighted by Crippen LogP contribution is -2.43. The number of hydrogen-bond acceptors (Lipinski definition) is 5. The number of rotatable bonds is 13. The van der Waals surface area contributed by atoms with Crippen molar-refractivity contribution in [1.82, 2.24) is 10.2 Å². The van der Waals surface area contributed by atoms with Crippen molar-refractivity contribution in [3.63, 3.8) is 0 Å². The summed E-state index contributed by atoms with van der Waals surface area (Å²) in [4.78, 5) is 12.0. The molecule has 1 heterocycles. The van der Waals surface area contributed by atoms with Gasteiger partial charge in [0.05, 0.1) is 11.8 Å². The third kappa shape index (κ3) is 8.39. The van der Waals surface area contributed by atoms with Gasteiger partial charge in [-0.05, 0) is 96.2 Å². The van der Waals surface area contributed by atoms with E-state index in [9.17, 15) is 4.39 Å². The van der Waals surface area contributed by atoms with Crippen LogP contribution in [0.1, 0.15) is 78.2 Å². The van der Waals surface area contributed by atoms with Crippen molar-refractivity contribution in [2.24, 2.45) is 15.9 Å². The zero-order chi connectivity index (χ0) is 27.5. The highest BCUT2D eigenvalue weighted by atomic mass is 19.1. The van der Waals surface area contributed by atoms with Gasteiger partial charge in [0.2, 0.25) is 0 Å². The molecule has 2 aliphatic rings. The molecule has 1 aliphatic heterocycles. The fourth-order valence-corrected chi connectivity index (χ4v) is 5.11. The van der Waals surface area contributed by atoms with Crippen molar-refractivity contribution in [2.45, 2.75) is 78.7 Å². The highest BCUT2D eigenvalue weighted by Crippen LogP contribution is 2.34. The van der Waals surface area contributed by atoms with Gasteiger partial charge >= 0.3 is 0 Å². The van der Waals surface area contributed by atoms with Crippen molar-refractivity contribution in [3.8, 4) is 5.75 Å². The lowest BCUT2D eigenvalue weighted by molar-refractivity contribution is 0.278. The van der Waals surface area contributed by atoms with Crippen LogP contribution in [0.3, 0.4) is 0 Å². The number of ether oxygens (including phenoxy) is 1. The molecule has 0 amide bonds. The standard InChI is InChI=1S/C32H47FN4O/c1-7-16-35-17-19-38-32-15-14-27(33)22-28(32)25(5)37-18-9-8-13-31(37)30(34-6)21-24(4)36-29(20-23(2)3)26-11-10-12-26/h14-15,20-22,26,31,35H,5,7-13,16-19H2,1-4,6H3/b24-21+,34-30?,36-29?. The summed E-state index contributed by atoms with van der Waals surface area (Å²) in [7, 11) is 1.85. The van der Waals surface area contributed by atoms with Gasteiger partial charge in [-0.15, -0.1) is 0 Å². The molecule has 1 saturated carbocycles. The predicted molar refractivity (Wildman–Crippen MR) is 160 cm³/mol. The Morgan fingerprint density at radius 1 is 1.11 bits per heavy atom. The molecule has 3 rings (SSSR count). The van der Waals surface area contributed by atoms with Crippen molar-refractivity contribution >= 4 is 17.1 Å². The van der Waals surface area contributed by atoms with E-state index in [-0.39, 0.29) is 11.9 Å². The molecule has 0 spiro atoms. The van der Waals surface area contributed by atoms with Crippen LogP contribution in [-0.2, 0) is 0 Å². The number of piperidine rings is 1. The number of nitrogens with zero attached hydrogens (tertiary/aromatic N) is 3. The lowest BCUT2D eigenvalue weighted by atomic mass is 9.81. The largest absolute Gasteiger partial charge is 0.492 e. The van der Waals surface area contributed by atoms with Gasteiger partial charge in [-0.2, -0.15) is 0 Å². The minimum atomic E-state index is -0.288. The van der Waals surface area contributed by atoms with E-state index in [1.807, 2.05) is 7.05 Å². The normalized spacial score (nSPS) is 19.3. The molecule has 0 radical (unpaired) electrons. The molecule has 1 saturated heterocycles. The van der Waals surface area contributed by atoms with Crippen molar-refractivity contribution in [2.75, 3.05) is 33.3 Å². The number of hydrogen-bond donors (Lipinski definition) is 1. The molecule has 5 nitrogen and oxygen atoms in total. The molecule has 38 heavy (non-hydrogen) atoms. The van der Waals surface area contributed by atoms with Gasteiger partial charge in [0.25, 0.3) is 0 Å². The minimum absolute atomic E-state index is 0.0596. The van der Waals surface area contributed by atoms with Crippen LogP contribution in [0.15, 0.2) is 58.2 Å². The van der Waals surface area contributed by atoms with E-state index in [4.69, 9.17) is 14.7 Å². The van der Waals surface area contributed by atoms with Gasteiger partial charge in [-0.1, -0.05) is 25.5 Å². The second-order valence-electron chi connectivity index (χ2n) is 10.7. The molecule has 208 valence electrons. The zero-order valence-corrected chi connectivity index (χ0v) is 24.2. The van der Waals surface area contributed by atoms with E-state index in [2.05, 4.69) is 56.6 Å². The Morgan fingerprint density at radius 3 is 2.55 bits per heavy atom. The summed E-state index contributed by atoms with van der Waals surface area (Å²) < 4.78 is 20.5. The summed E-state index contributed by atoms with van der Waals surface area (Å²) in [5.41, 5.74) is 5.89. The topological polar surface area (TPSA) is 49.2 Å². The summed E-state index contributed by atoms with van der Waals surface area (Å²) in [6.45, 7) is 16.0. The van der Waals surface area contributed by atoms with Gasteiger partial charge in [0.1, 0.15) is 18.2 Å². The fourth-order valence-electron chi connectivity index (χ4n) is 5.11. The summed E-state index contributed by atoms with van der Waals surface area (Å²) >= 11 is 0. The van der Waals surface area contributed by atoms with Crippen LogP contribution in [0.25, 0.3) is 5.70 Å². The number of allylic oxidation sites excluding steroid dienone is 3. The van der Waals surface area contributed by atoms with Crippen LogP contribution in [0.2, 0.25) is 0 Å². The first kappa shape index (κ1) is 29.8. The summed E-state index contributed by atoms with van der Waals surface area (Å²) in [6.07, 6.45) is 12.3. The van der Waals surface area contributed by atoms with Gasteiger partial charge in [-0.25, -0.2) is 4.39 Å². The predicted octanol–water partition coefficient (Wildman–Crippen LogP) is 7.21. The molecule has 0 bridgehead atoms. The first-order valence-corrected chi connectivity index (χ1v) is 14.3.